The molecular weight excluding hydrogens is 306 g/mol. The molecule has 4 heteroatoms. The van der Waals surface area contributed by atoms with Gasteiger partial charge in [-0.2, -0.15) is 0 Å². The van der Waals surface area contributed by atoms with Crippen LogP contribution in [0.15, 0.2) is 22.7 Å². The van der Waals surface area contributed by atoms with E-state index in [1.807, 2.05) is 6.07 Å². The third-order valence-corrected chi connectivity index (χ3v) is 5.27. The number of anilines is 1. The van der Waals surface area contributed by atoms with E-state index in [9.17, 15) is 4.79 Å². The molecule has 0 atom stereocenters. The molecular formula is C15H18BrNO2. The van der Waals surface area contributed by atoms with Crippen molar-refractivity contribution in [3.05, 3.63) is 28.2 Å². The second kappa shape index (κ2) is 4.82. The van der Waals surface area contributed by atoms with Crippen LogP contribution in [-0.2, 0) is 0 Å². The second-order valence-electron chi connectivity index (χ2n) is 5.85. The van der Waals surface area contributed by atoms with Crippen LogP contribution >= 0.6 is 15.9 Å². The summed E-state index contributed by atoms with van der Waals surface area (Å²) in [6.07, 6.45) is 6.72. The van der Waals surface area contributed by atoms with Crippen molar-refractivity contribution in [1.29, 1.82) is 0 Å². The standard InChI is InChI=1S/C15H18BrNO2/c16-12-9-11(14(18)19)3-4-13(12)17-8-7-15(10-17)5-1-2-6-15/h3-4,9H,1-2,5-8,10H2,(H,18,19). The molecule has 1 aromatic carbocycles. The topological polar surface area (TPSA) is 40.5 Å². The predicted molar refractivity (Wildman–Crippen MR) is 78.8 cm³/mol. The molecule has 19 heavy (non-hydrogen) atoms. The van der Waals surface area contributed by atoms with Gasteiger partial charge in [-0.3, -0.25) is 0 Å². The maximum atomic E-state index is 11.0. The third kappa shape index (κ3) is 2.38. The first-order valence-electron chi connectivity index (χ1n) is 6.88. The predicted octanol–water partition coefficient (Wildman–Crippen LogP) is 3.92. The lowest BCUT2D eigenvalue weighted by molar-refractivity contribution is 0.0697. The van der Waals surface area contributed by atoms with Gasteiger partial charge < -0.3 is 10.0 Å². The fraction of sp³-hybridized carbons (Fsp3) is 0.533. The van der Waals surface area contributed by atoms with Crippen molar-refractivity contribution in [2.75, 3.05) is 18.0 Å². The van der Waals surface area contributed by atoms with Gasteiger partial charge in [0.05, 0.1) is 11.3 Å². The molecule has 0 unspecified atom stereocenters. The van der Waals surface area contributed by atoms with Crippen LogP contribution in [0.5, 0.6) is 0 Å². The molecule has 0 aromatic heterocycles. The highest BCUT2D eigenvalue weighted by atomic mass is 79.9. The van der Waals surface area contributed by atoms with E-state index < -0.39 is 5.97 Å². The van der Waals surface area contributed by atoms with E-state index in [-0.39, 0.29) is 0 Å². The average Bonchev–Trinajstić information content (AvgIpc) is 3.00. The number of carbonyl (C=O) groups is 1. The molecule has 1 saturated heterocycles. The van der Waals surface area contributed by atoms with Crippen molar-refractivity contribution < 1.29 is 9.90 Å². The monoisotopic (exact) mass is 323 g/mol. The van der Waals surface area contributed by atoms with Crippen LogP contribution in [0.25, 0.3) is 0 Å². The average molecular weight is 324 g/mol. The summed E-state index contributed by atoms with van der Waals surface area (Å²) in [5.41, 5.74) is 2.00. The van der Waals surface area contributed by atoms with E-state index in [0.717, 1.165) is 23.2 Å². The summed E-state index contributed by atoms with van der Waals surface area (Å²) in [5.74, 6) is -0.874. The first kappa shape index (κ1) is 13.0. The molecule has 1 aliphatic heterocycles. The zero-order chi connectivity index (χ0) is 13.5. The minimum atomic E-state index is -0.874. The number of carboxylic acids is 1. The molecule has 2 fully saturated rings. The summed E-state index contributed by atoms with van der Waals surface area (Å²) in [7, 11) is 0. The van der Waals surface area contributed by atoms with Gasteiger partial charge in [0.2, 0.25) is 0 Å². The van der Waals surface area contributed by atoms with Crippen LogP contribution in [0.3, 0.4) is 0 Å². The number of halogens is 1. The lowest BCUT2D eigenvalue weighted by atomic mass is 9.86. The molecule has 1 aromatic rings. The van der Waals surface area contributed by atoms with Crippen molar-refractivity contribution in [2.45, 2.75) is 32.1 Å². The zero-order valence-corrected chi connectivity index (χ0v) is 12.4. The van der Waals surface area contributed by atoms with Crippen molar-refractivity contribution in [3.8, 4) is 0 Å². The van der Waals surface area contributed by atoms with Gasteiger partial charge in [-0.15, -0.1) is 0 Å². The van der Waals surface area contributed by atoms with E-state index in [1.54, 1.807) is 12.1 Å². The van der Waals surface area contributed by atoms with Gasteiger partial charge in [-0.05, 0) is 58.8 Å². The molecule has 0 amide bonds. The highest BCUT2D eigenvalue weighted by Crippen LogP contribution is 2.47. The number of carboxylic acid groups (broad SMARTS) is 1. The van der Waals surface area contributed by atoms with E-state index in [2.05, 4.69) is 20.8 Å². The Hall–Kier alpha value is -1.03. The number of benzene rings is 1. The highest BCUT2D eigenvalue weighted by Gasteiger charge is 2.40. The van der Waals surface area contributed by atoms with Crippen molar-refractivity contribution in [3.63, 3.8) is 0 Å². The molecule has 1 heterocycles. The van der Waals surface area contributed by atoms with Crippen molar-refractivity contribution >= 4 is 27.6 Å². The summed E-state index contributed by atoms with van der Waals surface area (Å²) in [6.45, 7) is 2.21. The van der Waals surface area contributed by atoms with Crippen LogP contribution in [-0.4, -0.2) is 24.2 Å². The normalized spacial score (nSPS) is 21.2. The number of aromatic carboxylic acids is 1. The van der Waals surface area contributed by atoms with Gasteiger partial charge in [0, 0.05) is 17.6 Å². The molecule has 3 rings (SSSR count). The van der Waals surface area contributed by atoms with Crippen LogP contribution in [0.4, 0.5) is 5.69 Å². The fourth-order valence-corrected chi connectivity index (χ4v) is 4.20. The van der Waals surface area contributed by atoms with E-state index in [0.29, 0.717) is 11.0 Å². The summed E-state index contributed by atoms with van der Waals surface area (Å²) >= 11 is 3.52. The van der Waals surface area contributed by atoms with Crippen molar-refractivity contribution in [1.82, 2.24) is 0 Å². The lowest BCUT2D eigenvalue weighted by Crippen LogP contribution is -2.25. The van der Waals surface area contributed by atoms with Gasteiger partial charge in [0.25, 0.3) is 0 Å². The third-order valence-electron chi connectivity index (χ3n) is 4.64. The summed E-state index contributed by atoms with van der Waals surface area (Å²) in [5, 5.41) is 9.00. The molecule has 1 spiro atoms. The first-order valence-corrected chi connectivity index (χ1v) is 7.67. The van der Waals surface area contributed by atoms with Gasteiger partial charge >= 0.3 is 5.97 Å². The van der Waals surface area contributed by atoms with Crippen LogP contribution in [0.2, 0.25) is 0 Å². The number of nitrogens with zero attached hydrogens (tertiary/aromatic N) is 1. The first-order chi connectivity index (χ1) is 9.10. The Balaban J connectivity index is 1.82. The zero-order valence-electron chi connectivity index (χ0n) is 10.9. The van der Waals surface area contributed by atoms with Crippen molar-refractivity contribution in [2.24, 2.45) is 5.41 Å². The minimum absolute atomic E-state index is 0.338. The Labute approximate surface area is 121 Å². The molecule has 1 aliphatic carbocycles. The van der Waals surface area contributed by atoms with Crippen LogP contribution in [0, 0.1) is 5.41 Å². The smallest absolute Gasteiger partial charge is 0.335 e. The highest BCUT2D eigenvalue weighted by molar-refractivity contribution is 9.10. The molecule has 3 nitrogen and oxygen atoms in total. The van der Waals surface area contributed by atoms with E-state index in [4.69, 9.17) is 5.11 Å². The Morgan fingerprint density at radius 1 is 1.26 bits per heavy atom. The Morgan fingerprint density at radius 2 is 2.00 bits per heavy atom. The summed E-state index contributed by atoms with van der Waals surface area (Å²) < 4.78 is 0.891. The minimum Gasteiger partial charge on any atom is -0.478 e. The molecule has 2 aliphatic rings. The summed E-state index contributed by atoms with van der Waals surface area (Å²) in [6, 6.07) is 5.33. The number of rotatable bonds is 2. The Morgan fingerprint density at radius 3 is 2.63 bits per heavy atom. The SMILES string of the molecule is O=C(O)c1ccc(N2CCC3(CCCC3)C2)c(Br)c1. The maximum absolute atomic E-state index is 11.0. The maximum Gasteiger partial charge on any atom is 0.335 e. The van der Waals surface area contributed by atoms with Gasteiger partial charge in [0.1, 0.15) is 0 Å². The van der Waals surface area contributed by atoms with E-state index >= 15 is 0 Å². The Kier molecular flexibility index (Phi) is 3.29. The lowest BCUT2D eigenvalue weighted by Gasteiger charge is -2.25. The molecule has 1 saturated carbocycles. The van der Waals surface area contributed by atoms with E-state index in [1.165, 1.54) is 32.1 Å². The molecule has 0 bridgehead atoms. The summed E-state index contributed by atoms with van der Waals surface area (Å²) in [4.78, 5) is 13.4. The van der Waals surface area contributed by atoms with Gasteiger partial charge in [0.15, 0.2) is 0 Å². The second-order valence-corrected chi connectivity index (χ2v) is 6.70. The van der Waals surface area contributed by atoms with Crippen LogP contribution < -0.4 is 4.90 Å². The largest absolute Gasteiger partial charge is 0.478 e. The molecule has 0 radical (unpaired) electrons. The molecule has 1 N–H and O–H groups in total. The number of hydrogen-bond acceptors (Lipinski definition) is 2. The van der Waals surface area contributed by atoms with Crippen LogP contribution in [0.1, 0.15) is 42.5 Å². The number of hydrogen-bond donors (Lipinski definition) is 1. The quantitative estimate of drug-likeness (QED) is 0.896. The van der Waals surface area contributed by atoms with Gasteiger partial charge in [-0.25, -0.2) is 4.79 Å². The fourth-order valence-electron chi connectivity index (χ4n) is 3.57. The Bertz CT molecular complexity index is 509. The van der Waals surface area contributed by atoms with Gasteiger partial charge in [-0.1, -0.05) is 12.8 Å². The molecule has 102 valence electrons.